The number of rotatable bonds is 3. The third kappa shape index (κ3) is 2.90. The maximum absolute atomic E-state index is 9.35. The van der Waals surface area contributed by atoms with Crippen LogP contribution in [-0.2, 0) is 6.61 Å². The molecule has 0 aliphatic heterocycles. The van der Waals surface area contributed by atoms with Crippen LogP contribution in [0.2, 0.25) is 0 Å². The van der Waals surface area contributed by atoms with Gasteiger partial charge in [-0.15, -0.1) is 0 Å². The third-order valence-corrected chi connectivity index (χ3v) is 2.81. The van der Waals surface area contributed by atoms with Crippen LogP contribution >= 0.6 is 0 Å². The van der Waals surface area contributed by atoms with Gasteiger partial charge in [0.25, 0.3) is 0 Å². The normalized spacial score (nSPS) is 10.4. The second-order valence-corrected chi connectivity index (χ2v) is 4.69. The van der Waals surface area contributed by atoms with E-state index >= 15 is 0 Å². The molecule has 0 atom stereocenters. The van der Waals surface area contributed by atoms with Gasteiger partial charge in [-0.1, -0.05) is 23.8 Å². The molecule has 0 fully saturated rings. The first-order valence-corrected chi connectivity index (χ1v) is 6.05. The van der Waals surface area contributed by atoms with Crippen molar-refractivity contribution in [3.05, 3.63) is 58.7 Å². The van der Waals surface area contributed by atoms with E-state index in [0.29, 0.717) is 5.75 Å². The van der Waals surface area contributed by atoms with E-state index in [0.717, 1.165) is 16.9 Å². The van der Waals surface area contributed by atoms with Crippen molar-refractivity contribution in [3.63, 3.8) is 0 Å². The summed E-state index contributed by atoms with van der Waals surface area (Å²) in [6.07, 6.45) is 0. The molecule has 0 aliphatic rings. The molecule has 0 spiro atoms. The molecule has 0 amide bonds. The van der Waals surface area contributed by atoms with Gasteiger partial charge in [0.05, 0.1) is 6.61 Å². The molecule has 2 aromatic rings. The lowest BCUT2D eigenvalue weighted by Crippen LogP contribution is -1.93. The summed E-state index contributed by atoms with van der Waals surface area (Å²) in [6.45, 7) is 6.07. The Labute approximate surface area is 108 Å². The number of aryl methyl sites for hydroxylation is 3. The van der Waals surface area contributed by atoms with Gasteiger partial charge >= 0.3 is 0 Å². The number of hydrogen-bond donors (Lipinski definition) is 1. The lowest BCUT2D eigenvalue weighted by atomic mass is 10.1. The highest BCUT2D eigenvalue weighted by Gasteiger charge is 2.05. The minimum atomic E-state index is -0.0121. The van der Waals surface area contributed by atoms with Crippen molar-refractivity contribution in [2.75, 3.05) is 0 Å². The van der Waals surface area contributed by atoms with Crippen molar-refractivity contribution < 1.29 is 9.84 Å². The van der Waals surface area contributed by atoms with Crippen LogP contribution in [0, 0.1) is 20.8 Å². The molecule has 1 N–H and O–H groups in total. The molecule has 0 saturated carbocycles. The van der Waals surface area contributed by atoms with Crippen molar-refractivity contribution in [2.24, 2.45) is 0 Å². The SMILES string of the molecule is Cc1cc(C)cc(Oc2ccc(C)cc2CO)c1. The van der Waals surface area contributed by atoms with E-state index in [-0.39, 0.29) is 6.61 Å². The average molecular weight is 242 g/mol. The molecule has 0 unspecified atom stereocenters. The lowest BCUT2D eigenvalue weighted by Gasteiger charge is -2.11. The van der Waals surface area contributed by atoms with Crippen LogP contribution in [0.5, 0.6) is 11.5 Å². The summed E-state index contributed by atoms with van der Waals surface area (Å²) >= 11 is 0. The molecule has 2 nitrogen and oxygen atoms in total. The number of ether oxygens (including phenoxy) is 1. The van der Waals surface area contributed by atoms with Gasteiger partial charge in [-0.05, 0) is 50.1 Å². The van der Waals surface area contributed by atoms with Crippen LogP contribution in [0.3, 0.4) is 0 Å². The van der Waals surface area contributed by atoms with Crippen LogP contribution in [0.15, 0.2) is 36.4 Å². The molecule has 2 rings (SSSR count). The molecule has 0 heterocycles. The van der Waals surface area contributed by atoms with E-state index in [1.165, 1.54) is 11.1 Å². The Kier molecular flexibility index (Phi) is 3.68. The molecule has 2 aromatic carbocycles. The van der Waals surface area contributed by atoms with Gasteiger partial charge in [-0.3, -0.25) is 0 Å². The molecule has 0 aromatic heterocycles. The Balaban J connectivity index is 2.33. The first kappa shape index (κ1) is 12.7. The Bertz CT molecular complexity index is 539. The van der Waals surface area contributed by atoms with Gasteiger partial charge < -0.3 is 9.84 Å². The van der Waals surface area contributed by atoms with Crippen molar-refractivity contribution in [1.82, 2.24) is 0 Å². The topological polar surface area (TPSA) is 29.5 Å². The second-order valence-electron chi connectivity index (χ2n) is 4.69. The van der Waals surface area contributed by atoms with E-state index in [4.69, 9.17) is 4.74 Å². The molecule has 94 valence electrons. The summed E-state index contributed by atoms with van der Waals surface area (Å²) in [5, 5.41) is 9.35. The Morgan fingerprint density at radius 2 is 1.56 bits per heavy atom. The second kappa shape index (κ2) is 5.23. The van der Waals surface area contributed by atoms with E-state index in [9.17, 15) is 5.11 Å². The fourth-order valence-corrected chi connectivity index (χ4v) is 2.05. The molecule has 0 saturated heterocycles. The van der Waals surface area contributed by atoms with Gasteiger partial charge in [0.15, 0.2) is 0 Å². The molecule has 0 aliphatic carbocycles. The fourth-order valence-electron chi connectivity index (χ4n) is 2.05. The zero-order valence-corrected chi connectivity index (χ0v) is 11.0. The molecule has 2 heteroatoms. The third-order valence-electron chi connectivity index (χ3n) is 2.81. The smallest absolute Gasteiger partial charge is 0.132 e. The molecule has 0 bridgehead atoms. The highest BCUT2D eigenvalue weighted by Crippen LogP contribution is 2.27. The summed E-state index contributed by atoms with van der Waals surface area (Å²) in [7, 11) is 0. The zero-order chi connectivity index (χ0) is 13.1. The average Bonchev–Trinajstić information content (AvgIpc) is 2.30. The molecular weight excluding hydrogens is 224 g/mol. The number of aliphatic hydroxyl groups is 1. The van der Waals surface area contributed by atoms with E-state index in [1.54, 1.807) is 0 Å². The van der Waals surface area contributed by atoms with Crippen molar-refractivity contribution >= 4 is 0 Å². The number of benzene rings is 2. The molecule has 18 heavy (non-hydrogen) atoms. The van der Waals surface area contributed by atoms with Gasteiger partial charge in [0, 0.05) is 5.56 Å². The summed E-state index contributed by atoms with van der Waals surface area (Å²) in [4.78, 5) is 0. The fraction of sp³-hybridized carbons (Fsp3) is 0.250. The summed E-state index contributed by atoms with van der Waals surface area (Å²) in [5.74, 6) is 1.53. The van der Waals surface area contributed by atoms with Crippen molar-refractivity contribution in [2.45, 2.75) is 27.4 Å². The van der Waals surface area contributed by atoms with Gasteiger partial charge in [-0.2, -0.15) is 0 Å². The number of aliphatic hydroxyl groups excluding tert-OH is 1. The van der Waals surface area contributed by atoms with Crippen molar-refractivity contribution in [1.29, 1.82) is 0 Å². The predicted octanol–water partition coefficient (Wildman–Crippen LogP) is 3.90. The minimum absolute atomic E-state index is 0.0121. The maximum Gasteiger partial charge on any atom is 0.132 e. The summed E-state index contributed by atoms with van der Waals surface area (Å²) in [6, 6.07) is 11.9. The van der Waals surface area contributed by atoms with Gasteiger partial charge in [0.2, 0.25) is 0 Å². The molecule has 0 radical (unpaired) electrons. The largest absolute Gasteiger partial charge is 0.457 e. The Morgan fingerprint density at radius 3 is 2.17 bits per heavy atom. The van der Waals surface area contributed by atoms with Crippen LogP contribution in [0.1, 0.15) is 22.3 Å². The van der Waals surface area contributed by atoms with E-state index < -0.39 is 0 Å². The van der Waals surface area contributed by atoms with Gasteiger partial charge in [-0.25, -0.2) is 0 Å². The van der Waals surface area contributed by atoms with Gasteiger partial charge in [0.1, 0.15) is 11.5 Å². The van der Waals surface area contributed by atoms with Crippen LogP contribution in [0.25, 0.3) is 0 Å². The van der Waals surface area contributed by atoms with E-state index in [1.807, 2.05) is 51.1 Å². The highest BCUT2D eigenvalue weighted by atomic mass is 16.5. The first-order chi connectivity index (χ1) is 8.58. The monoisotopic (exact) mass is 242 g/mol. The first-order valence-electron chi connectivity index (χ1n) is 6.05. The molecular formula is C16H18O2. The summed E-state index contributed by atoms with van der Waals surface area (Å²) < 4.78 is 5.86. The quantitative estimate of drug-likeness (QED) is 0.884. The minimum Gasteiger partial charge on any atom is -0.457 e. The Morgan fingerprint density at radius 1 is 0.889 bits per heavy atom. The predicted molar refractivity (Wildman–Crippen MR) is 73.1 cm³/mol. The van der Waals surface area contributed by atoms with E-state index in [2.05, 4.69) is 6.07 Å². The highest BCUT2D eigenvalue weighted by molar-refractivity contribution is 5.41. The van der Waals surface area contributed by atoms with Crippen molar-refractivity contribution in [3.8, 4) is 11.5 Å². The van der Waals surface area contributed by atoms with Crippen LogP contribution < -0.4 is 4.74 Å². The zero-order valence-electron chi connectivity index (χ0n) is 11.0. The maximum atomic E-state index is 9.35. The number of hydrogen-bond acceptors (Lipinski definition) is 2. The lowest BCUT2D eigenvalue weighted by molar-refractivity contribution is 0.276. The Hall–Kier alpha value is -1.80. The van der Waals surface area contributed by atoms with Crippen LogP contribution in [-0.4, -0.2) is 5.11 Å². The van der Waals surface area contributed by atoms with Crippen LogP contribution in [0.4, 0.5) is 0 Å². The summed E-state index contributed by atoms with van der Waals surface area (Å²) in [5.41, 5.74) is 4.27. The standard InChI is InChI=1S/C16H18O2/c1-11-4-5-16(14(7-11)10-17)18-15-8-12(2)6-13(3)9-15/h4-9,17H,10H2,1-3H3.